The molecule has 0 aliphatic carbocycles. The van der Waals surface area contributed by atoms with E-state index in [9.17, 15) is 4.79 Å². The van der Waals surface area contributed by atoms with Gasteiger partial charge in [0, 0.05) is 11.3 Å². The molecule has 1 unspecified atom stereocenters. The van der Waals surface area contributed by atoms with Crippen LogP contribution in [0.3, 0.4) is 0 Å². The molecule has 0 amide bonds. The molecule has 0 aliphatic rings. The second kappa shape index (κ2) is 6.13. The van der Waals surface area contributed by atoms with E-state index in [0.29, 0.717) is 5.75 Å². The van der Waals surface area contributed by atoms with Crippen molar-refractivity contribution in [2.45, 2.75) is 11.2 Å². The molecule has 1 atom stereocenters. The summed E-state index contributed by atoms with van der Waals surface area (Å²) in [4.78, 5) is 11.5. The van der Waals surface area contributed by atoms with Gasteiger partial charge in [-0.05, 0) is 12.0 Å². The molecule has 0 bridgehead atoms. The van der Waals surface area contributed by atoms with Crippen molar-refractivity contribution in [1.82, 2.24) is 0 Å². The van der Waals surface area contributed by atoms with Gasteiger partial charge in [0.25, 0.3) is 0 Å². The highest BCUT2D eigenvalue weighted by Gasteiger charge is 2.14. The summed E-state index contributed by atoms with van der Waals surface area (Å²) < 4.78 is 0. The van der Waals surface area contributed by atoms with Gasteiger partial charge in [0.05, 0.1) is 4.83 Å². The summed E-state index contributed by atoms with van der Waals surface area (Å²) >= 11 is 7.36. The zero-order valence-corrected chi connectivity index (χ0v) is 10.8. The van der Waals surface area contributed by atoms with Gasteiger partial charge in [-0.15, -0.1) is 6.58 Å². The number of thiol groups is 1. The van der Waals surface area contributed by atoms with Crippen molar-refractivity contribution in [2.75, 3.05) is 5.75 Å². The first kappa shape index (κ1) is 12.5. The molecule has 0 radical (unpaired) electrons. The normalized spacial score (nSPS) is 12.1. The fourth-order valence-electron chi connectivity index (χ4n) is 1.24. The Balaban J connectivity index is 2.79. The smallest absolute Gasteiger partial charge is 0.177 e. The number of ketones is 1. The van der Waals surface area contributed by atoms with Crippen molar-refractivity contribution in [1.29, 1.82) is 0 Å². The molecule has 0 aromatic heterocycles. The maximum atomic E-state index is 11.7. The molecule has 1 aromatic rings. The van der Waals surface area contributed by atoms with Crippen LogP contribution < -0.4 is 0 Å². The van der Waals surface area contributed by atoms with E-state index in [0.717, 1.165) is 12.0 Å². The van der Waals surface area contributed by atoms with Gasteiger partial charge in [0.1, 0.15) is 0 Å². The molecular weight excluding hydrogens is 272 g/mol. The summed E-state index contributed by atoms with van der Waals surface area (Å²) in [5.41, 5.74) is 1.89. The fourth-order valence-corrected chi connectivity index (χ4v) is 1.67. The number of allylic oxidation sites excluding steroid dienone is 1. The van der Waals surface area contributed by atoms with Crippen LogP contribution in [0.1, 0.15) is 15.9 Å². The first-order valence-corrected chi connectivity index (χ1v) is 6.23. The Morgan fingerprint density at radius 2 is 2.07 bits per heavy atom. The highest BCUT2D eigenvalue weighted by Crippen LogP contribution is 2.13. The van der Waals surface area contributed by atoms with Crippen LogP contribution in [0, 0.1) is 0 Å². The number of halogens is 1. The molecule has 1 rings (SSSR count). The van der Waals surface area contributed by atoms with Crippen molar-refractivity contribution >= 4 is 34.3 Å². The van der Waals surface area contributed by atoms with E-state index < -0.39 is 0 Å². The molecule has 1 aromatic carbocycles. The van der Waals surface area contributed by atoms with Crippen LogP contribution >= 0.6 is 28.6 Å². The Morgan fingerprint density at radius 1 is 1.47 bits per heavy atom. The summed E-state index contributed by atoms with van der Waals surface area (Å²) in [6.45, 7) is 3.67. The van der Waals surface area contributed by atoms with E-state index in [1.165, 1.54) is 5.56 Å². The molecule has 0 spiro atoms. The number of Topliss-reactive ketones (excluding diaryl/α,β-unsaturated/α-hetero) is 1. The largest absolute Gasteiger partial charge is 0.293 e. The van der Waals surface area contributed by atoms with Crippen molar-refractivity contribution in [2.24, 2.45) is 0 Å². The van der Waals surface area contributed by atoms with Crippen molar-refractivity contribution in [3.05, 3.63) is 48.0 Å². The van der Waals surface area contributed by atoms with Crippen molar-refractivity contribution in [3.8, 4) is 0 Å². The Kier molecular flexibility index (Phi) is 5.12. The van der Waals surface area contributed by atoms with Crippen LogP contribution in [-0.2, 0) is 6.42 Å². The molecule has 0 aliphatic heterocycles. The number of hydrogen-bond donors (Lipinski definition) is 1. The predicted octanol–water partition coefficient (Wildman–Crippen LogP) is 3.29. The SMILES string of the molecule is C=CCc1ccc(C(=O)C(Br)CS)cc1. The fraction of sp³-hybridized carbons (Fsp3) is 0.250. The Morgan fingerprint density at radius 3 is 2.53 bits per heavy atom. The molecule has 80 valence electrons. The third kappa shape index (κ3) is 3.50. The third-order valence-electron chi connectivity index (χ3n) is 2.06. The van der Waals surface area contributed by atoms with Crippen LogP contribution in [0.15, 0.2) is 36.9 Å². The topological polar surface area (TPSA) is 17.1 Å². The first-order valence-electron chi connectivity index (χ1n) is 4.68. The van der Waals surface area contributed by atoms with Crippen molar-refractivity contribution < 1.29 is 4.79 Å². The van der Waals surface area contributed by atoms with Gasteiger partial charge in [-0.3, -0.25) is 4.79 Å². The van der Waals surface area contributed by atoms with Crippen LogP contribution in [-0.4, -0.2) is 16.4 Å². The summed E-state index contributed by atoms with van der Waals surface area (Å²) in [6, 6.07) is 7.60. The standard InChI is InChI=1S/C12H13BrOS/c1-2-3-9-4-6-10(7-5-9)12(14)11(13)8-15/h2,4-7,11,15H,1,3,8H2. The number of hydrogen-bond acceptors (Lipinski definition) is 2. The first-order chi connectivity index (χ1) is 7.19. The lowest BCUT2D eigenvalue weighted by molar-refractivity contribution is 0.0997. The minimum absolute atomic E-state index is 0.0788. The summed E-state index contributed by atoms with van der Waals surface area (Å²) in [6.07, 6.45) is 2.68. The van der Waals surface area contributed by atoms with Crippen LogP contribution in [0.25, 0.3) is 0 Å². The number of rotatable bonds is 5. The van der Waals surface area contributed by atoms with E-state index in [-0.39, 0.29) is 10.6 Å². The summed E-state index contributed by atoms with van der Waals surface area (Å²) in [7, 11) is 0. The Hall–Kier alpha value is -0.540. The van der Waals surface area contributed by atoms with Crippen LogP contribution in [0.2, 0.25) is 0 Å². The molecule has 1 nitrogen and oxygen atoms in total. The molecule has 15 heavy (non-hydrogen) atoms. The molecule has 0 saturated carbocycles. The third-order valence-corrected chi connectivity index (χ3v) is 3.67. The number of benzene rings is 1. The quantitative estimate of drug-likeness (QED) is 0.380. The lowest BCUT2D eigenvalue weighted by Gasteiger charge is -2.05. The zero-order chi connectivity index (χ0) is 11.3. The van der Waals surface area contributed by atoms with Gasteiger partial charge in [0.2, 0.25) is 0 Å². The minimum atomic E-state index is -0.203. The molecule has 0 N–H and O–H groups in total. The van der Waals surface area contributed by atoms with E-state index in [1.807, 2.05) is 30.3 Å². The van der Waals surface area contributed by atoms with Crippen molar-refractivity contribution in [3.63, 3.8) is 0 Å². The monoisotopic (exact) mass is 284 g/mol. The lowest BCUT2D eigenvalue weighted by atomic mass is 10.1. The average molecular weight is 285 g/mol. The number of carbonyl (C=O) groups is 1. The minimum Gasteiger partial charge on any atom is -0.293 e. The average Bonchev–Trinajstić information content (AvgIpc) is 2.28. The molecule has 0 fully saturated rings. The van der Waals surface area contributed by atoms with Crippen LogP contribution in [0.5, 0.6) is 0 Å². The van der Waals surface area contributed by atoms with Gasteiger partial charge in [0.15, 0.2) is 5.78 Å². The van der Waals surface area contributed by atoms with Gasteiger partial charge < -0.3 is 0 Å². The lowest BCUT2D eigenvalue weighted by Crippen LogP contribution is -2.15. The van der Waals surface area contributed by atoms with E-state index >= 15 is 0 Å². The Bertz CT molecular complexity index is 345. The number of carbonyl (C=O) groups excluding carboxylic acids is 1. The molecular formula is C12H13BrOS. The van der Waals surface area contributed by atoms with Gasteiger partial charge in [-0.2, -0.15) is 12.6 Å². The van der Waals surface area contributed by atoms with Crippen LogP contribution in [0.4, 0.5) is 0 Å². The second-order valence-electron chi connectivity index (χ2n) is 3.20. The highest BCUT2D eigenvalue weighted by molar-refractivity contribution is 9.10. The Labute approximate surface area is 104 Å². The summed E-state index contributed by atoms with van der Waals surface area (Å²) in [5, 5.41) is 0. The summed E-state index contributed by atoms with van der Waals surface area (Å²) in [5.74, 6) is 0.586. The van der Waals surface area contributed by atoms with E-state index in [4.69, 9.17) is 0 Å². The number of alkyl halides is 1. The maximum absolute atomic E-state index is 11.7. The van der Waals surface area contributed by atoms with E-state index in [2.05, 4.69) is 35.1 Å². The molecule has 3 heteroatoms. The van der Waals surface area contributed by atoms with Gasteiger partial charge in [-0.25, -0.2) is 0 Å². The predicted molar refractivity (Wildman–Crippen MR) is 71.2 cm³/mol. The molecule has 0 heterocycles. The highest BCUT2D eigenvalue weighted by atomic mass is 79.9. The van der Waals surface area contributed by atoms with Gasteiger partial charge in [-0.1, -0.05) is 46.3 Å². The molecule has 0 saturated heterocycles. The maximum Gasteiger partial charge on any atom is 0.177 e. The van der Waals surface area contributed by atoms with Gasteiger partial charge >= 0.3 is 0 Å². The second-order valence-corrected chi connectivity index (χ2v) is 4.67. The zero-order valence-electron chi connectivity index (χ0n) is 8.32. The van der Waals surface area contributed by atoms with E-state index in [1.54, 1.807) is 0 Å².